The summed E-state index contributed by atoms with van der Waals surface area (Å²) in [6.45, 7) is 5.41. The van der Waals surface area contributed by atoms with E-state index in [4.69, 9.17) is 4.74 Å². The van der Waals surface area contributed by atoms with Crippen LogP contribution >= 0.6 is 15.9 Å². The molecule has 26 heavy (non-hydrogen) atoms. The number of halogens is 1. The molecule has 5 nitrogen and oxygen atoms in total. The van der Waals surface area contributed by atoms with Crippen molar-refractivity contribution < 1.29 is 13.2 Å². The van der Waals surface area contributed by atoms with Crippen LogP contribution in [0.1, 0.15) is 11.1 Å². The number of hydrogen-bond donors (Lipinski definition) is 0. The Morgan fingerprint density at radius 2 is 1.77 bits per heavy atom. The van der Waals surface area contributed by atoms with Crippen LogP contribution in [0.2, 0.25) is 0 Å². The van der Waals surface area contributed by atoms with E-state index in [-0.39, 0.29) is 4.90 Å². The first kappa shape index (κ1) is 19.4. The Morgan fingerprint density at radius 1 is 1.08 bits per heavy atom. The highest BCUT2D eigenvalue weighted by atomic mass is 79.9. The third-order valence-corrected chi connectivity index (χ3v) is 7.26. The van der Waals surface area contributed by atoms with Gasteiger partial charge >= 0.3 is 0 Å². The van der Waals surface area contributed by atoms with Crippen molar-refractivity contribution in [3.8, 4) is 5.75 Å². The van der Waals surface area contributed by atoms with Crippen molar-refractivity contribution in [3.05, 3.63) is 58.1 Å². The molecule has 1 fully saturated rings. The number of sulfonamides is 1. The Kier molecular flexibility index (Phi) is 6.02. The van der Waals surface area contributed by atoms with E-state index in [1.165, 1.54) is 11.1 Å². The van der Waals surface area contributed by atoms with Gasteiger partial charge in [0.1, 0.15) is 5.75 Å². The molecule has 0 unspecified atom stereocenters. The Balaban J connectivity index is 1.67. The number of piperazine rings is 1. The highest BCUT2D eigenvalue weighted by Crippen LogP contribution is 2.29. The molecule has 0 aromatic heterocycles. The summed E-state index contributed by atoms with van der Waals surface area (Å²) in [6, 6.07) is 13.2. The molecule has 2 aromatic carbocycles. The molecule has 0 bridgehead atoms. The highest BCUT2D eigenvalue weighted by Gasteiger charge is 2.29. The second-order valence-electron chi connectivity index (χ2n) is 6.40. The quantitative estimate of drug-likeness (QED) is 0.718. The molecule has 3 rings (SSSR count). The molecular weight excluding hydrogens is 416 g/mol. The second-order valence-corrected chi connectivity index (χ2v) is 9.20. The Bertz CT molecular complexity index is 878. The number of rotatable bonds is 5. The molecule has 7 heteroatoms. The monoisotopic (exact) mass is 438 g/mol. The van der Waals surface area contributed by atoms with Gasteiger partial charge in [-0.05, 0) is 52.2 Å². The molecule has 140 valence electrons. The number of benzene rings is 2. The topological polar surface area (TPSA) is 49.9 Å². The van der Waals surface area contributed by atoms with Crippen molar-refractivity contribution in [2.24, 2.45) is 0 Å². The molecule has 0 atom stereocenters. The maximum atomic E-state index is 12.9. The molecule has 1 saturated heterocycles. The number of nitrogens with zero attached hydrogens (tertiary/aromatic N) is 2. The molecule has 0 aliphatic carbocycles. The van der Waals surface area contributed by atoms with Crippen LogP contribution in [0.15, 0.2) is 51.8 Å². The van der Waals surface area contributed by atoms with Gasteiger partial charge in [0.05, 0.1) is 16.5 Å². The highest BCUT2D eigenvalue weighted by molar-refractivity contribution is 9.10. The smallest absolute Gasteiger partial charge is 0.243 e. The van der Waals surface area contributed by atoms with E-state index < -0.39 is 10.0 Å². The Morgan fingerprint density at radius 3 is 2.38 bits per heavy atom. The molecule has 0 saturated carbocycles. The Hall–Kier alpha value is -1.41. The lowest BCUT2D eigenvalue weighted by Crippen LogP contribution is -2.48. The summed E-state index contributed by atoms with van der Waals surface area (Å²) in [5.41, 5.74) is 2.56. The number of methoxy groups -OCH3 is 1. The predicted molar refractivity (Wildman–Crippen MR) is 106 cm³/mol. The van der Waals surface area contributed by atoms with Crippen molar-refractivity contribution in [1.82, 2.24) is 9.21 Å². The van der Waals surface area contributed by atoms with E-state index in [2.05, 4.69) is 39.9 Å². The van der Waals surface area contributed by atoms with E-state index in [0.717, 1.165) is 19.6 Å². The van der Waals surface area contributed by atoms with Crippen LogP contribution in [0.4, 0.5) is 0 Å². The SMILES string of the molecule is COc1ccc(S(=O)(=O)N2CCN(Cc3ccccc3C)CC2)cc1Br. The average Bonchev–Trinajstić information content (AvgIpc) is 2.64. The van der Waals surface area contributed by atoms with Gasteiger partial charge < -0.3 is 4.74 Å². The molecule has 1 heterocycles. The van der Waals surface area contributed by atoms with E-state index >= 15 is 0 Å². The number of hydrogen-bond acceptors (Lipinski definition) is 4. The molecule has 0 amide bonds. The Labute approximate surface area is 163 Å². The lowest BCUT2D eigenvalue weighted by molar-refractivity contribution is 0.181. The van der Waals surface area contributed by atoms with Gasteiger partial charge in [-0.2, -0.15) is 4.31 Å². The third kappa shape index (κ3) is 4.11. The van der Waals surface area contributed by atoms with Gasteiger partial charge in [0.15, 0.2) is 0 Å². The normalized spacial score (nSPS) is 16.6. The summed E-state index contributed by atoms with van der Waals surface area (Å²) >= 11 is 3.36. The fraction of sp³-hybridized carbons (Fsp3) is 0.368. The first-order valence-corrected chi connectivity index (χ1v) is 10.8. The maximum absolute atomic E-state index is 12.9. The van der Waals surface area contributed by atoms with Gasteiger partial charge in [-0.1, -0.05) is 24.3 Å². The van der Waals surface area contributed by atoms with E-state index in [1.807, 2.05) is 12.1 Å². The van der Waals surface area contributed by atoms with E-state index in [1.54, 1.807) is 29.6 Å². The molecular formula is C19H23BrN2O3S. The number of aryl methyl sites for hydroxylation is 1. The van der Waals surface area contributed by atoms with Gasteiger partial charge in [-0.3, -0.25) is 4.90 Å². The van der Waals surface area contributed by atoms with Crippen LogP contribution < -0.4 is 4.74 Å². The lowest BCUT2D eigenvalue weighted by atomic mass is 10.1. The van der Waals surface area contributed by atoms with Crippen LogP contribution in [0.5, 0.6) is 5.75 Å². The molecule has 0 N–H and O–H groups in total. The van der Waals surface area contributed by atoms with Crippen LogP contribution in [0.25, 0.3) is 0 Å². The van der Waals surface area contributed by atoms with E-state index in [9.17, 15) is 8.42 Å². The summed E-state index contributed by atoms with van der Waals surface area (Å²) in [5, 5.41) is 0. The van der Waals surface area contributed by atoms with Gasteiger partial charge in [0.25, 0.3) is 0 Å². The van der Waals surface area contributed by atoms with Crippen molar-refractivity contribution >= 4 is 26.0 Å². The maximum Gasteiger partial charge on any atom is 0.243 e. The van der Waals surface area contributed by atoms with Crippen LogP contribution in [0, 0.1) is 6.92 Å². The van der Waals surface area contributed by atoms with Crippen molar-refractivity contribution in [3.63, 3.8) is 0 Å². The summed E-state index contributed by atoms with van der Waals surface area (Å²) in [6.07, 6.45) is 0. The molecule has 0 spiro atoms. The fourth-order valence-electron chi connectivity index (χ4n) is 3.11. The molecule has 0 radical (unpaired) electrons. The minimum Gasteiger partial charge on any atom is -0.496 e. The van der Waals surface area contributed by atoms with Crippen molar-refractivity contribution in [2.45, 2.75) is 18.4 Å². The van der Waals surface area contributed by atoms with Gasteiger partial charge in [-0.15, -0.1) is 0 Å². The first-order valence-electron chi connectivity index (χ1n) is 8.52. The minimum absolute atomic E-state index is 0.289. The fourth-order valence-corrected chi connectivity index (χ4v) is 5.25. The minimum atomic E-state index is -3.49. The molecule has 1 aliphatic rings. The zero-order valence-electron chi connectivity index (χ0n) is 15.0. The predicted octanol–water partition coefficient (Wildman–Crippen LogP) is 3.27. The first-order chi connectivity index (χ1) is 12.4. The third-order valence-electron chi connectivity index (χ3n) is 4.75. The summed E-state index contributed by atoms with van der Waals surface area (Å²) in [5.74, 6) is 0.618. The van der Waals surface area contributed by atoms with Crippen molar-refractivity contribution in [1.29, 1.82) is 0 Å². The second kappa shape index (κ2) is 8.08. The number of ether oxygens (including phenoxy) is 1. The van der Waals surface area contributed by atoms with Crippen LogP contribution in [0.3, 0.4) is 0 Å². The van der Waals surface area contributed by atoms with Gasteiger partial charge in [0, 0.05) is 32.7 Å². The molecule has 2 aromatic rings. The largest absolute Gasteiger partial charge is 0.496 e. The standard InChI is InChI=1S/C19H23BrN2O3S/c1-15-5-3-4-6-16(15)14-21-9-11-22(12-10-21)26(23,24)17-7-8-19(25-2)18(20)13-17/h3-8,13H,9-12,14H2,1-2H3. The summed E-state index contributed by atoms with van der Waals surface area (Å²) in [7, 11) is -1.94. The summed E-state index contributed by atoms with van der Waals surface area (Å²) in [4.78, 5) is 2.59. The zero-order valence-corrected chi connectivity index (χ0v) is 17.4. The van der Waals surface area contributed by atoms with Gasteiger partial charge in [0.2, 0.25) is 10.0 Å². The average molecular weight is 439 g/mol. The van der Waals surface area contributed by atoms with Crippen molar-refractivity contribution in [2.75, 3.05) is 33.3 Å². The molecule has 1 aliphatic heterocycles. The lowest BCUT2D eigenvalue weighted by Gasteiger charge is -2.34. The van der Waals surface area contributed by atoms with Crippen LogP contribution in [-0.4, -0.2) is 50.9 Å². The van der Waals surface area contributed by atoms with Crippen LogP contribution in [-0.2, 0) is 16.6 Å². The van der Waals surface area contributed by atoms with E-state index in [0.29, 0.717) is 23.3 Å². The van der Waals surface area contributed by atoms with Gasteiger partial charge in [-0.25, -0.2) is 8.42 Å². The zero-order chi connectivity index (χ0) is 18.7. The summed E-state index contributed by atoms with van der Waals surface area (Å²) < 4.78 is 33.2.